The fourth-order valence-electron chi connectivity index (χ4n) is 3.12. The van der Waals surface area contributed by atoms with Crippen molar-refractivity contribution in [1.29, 1.82) is 0 Å². The number of benzene rings is 1. The van der Waals surface area contributed by atoms with Crippen molar-refractivity contribution in [3.63, 3.8) is 0 Å². The van der Waals surface area contributed by atoms with E-state index in [1.807, 2.05) is 36.6 Å². The van der Waals surface area contributed by atoms with Crippen LogP contribution in [0, 0.1) is 0 Å². The van der Waals surface area contributed by atoms with E-state index in [4.69, 9.17) is 17.3 Å². The molecule has 0 spiro atoms. The summed E-state index contributed by atoms with van der Waals surface area (Å²) in [5, 5.41) is 2.56. The average molecular weight is 452 g/mol. The Morgan fingerprint density at radius 3 is 2.52 bits per heavy atom. The van der Waals surface area contributed by atoms with Gasteiger partial charge in [0.05, 0.1) is 0 Å². The van der Waals surface area contributed by atoms with Crippen LogP contribution in [-0.4, -0.2) is 29.2 Å². The number of primary amides is 1. The number of amides is 1. The third-order valence-electron chi connectivity index (χ3n) is 4.66. The van der Waals surface area contributed by atoms with Crippen molar-refractivity contribution in [2.24, 2.45) is 12.8 Å². The first-order valence-corrected chi connectivity index (χ1v) is 11.6. The van der Waals surface area contributed by atoms with Crippen molar-refractivity contribution in [3.8, 4) is 0 Å². The topological polar surface area (TPSA) is 85.4 Å². The molecule has 9 heteroatoms. The van der Waals surface area contributed by atoms with Crippen LogP contribution in [0.25, 0.3) is 0 Å². The second kappa shape index (κ2) is 8.71. The van der Waals surface area contributed by atoms with Crippen molar-refractivity contribution in [2.45, 2.75) is 30.8 Å². The first-order chi connectivity index (χ1) is 13.7. The Balaban J connectivity index is 1.99. The van der Waals surface area contributed by atoms with E-state index in [0.29, 0.717) is 11.4 Å². The van der Waals surface area contributed by atoms with E-state index in [-0.39, 0.29) is 23.2 Å². The number of aromatic nitrogens is 1. The fraction of sp³-hybridized carbons (Fsp3) is 0.250. The highest BCUT2D eigenvalue weighted by molar-refractivity contribution is 7.89. The van der Waals surface area contributed by atoms with Gasteiger partial charge in [-0.2, -0.15) is 4.31 Å². The van der Waals surface area contributed by atoms with Crippen LogP contribution in [0.15, 0.2) is 58.9 Å². The zero-order valence-electron chi connectivity index (χ0n) is 16.1. The summed E-state index contributed by atoms with van der Waals surface area (Å²) in [7, 11) is -2.28. The number of aryl methyl sites for hydroxylation is 1. The van der Waals surface area contributed by atoms with Crippen molar-refractivity contribution < 1.29 is 13.2 Å². The van der Waals surface area contributed by atoms with Crippen LogP contribution in [0.1, 0.15) is 27.9 Å². The molecule has 1 unspecified atom stereocenters. The maximum absolute atomic E-state index is 13.5. The Morgan fingerprint density at radius 1 is 1.28 bits per heavy atom. The summed E-state index contributed by atoms with van der Waals surface area (Å²) in [6, 6.07) is 12.0. The van der Waals surface area contributed by atoms with E-state index in [0.717, 1.165) is 10.4 Å². The molecule has 1 amide bonds. The number of nitrogens with two attached hydrogens (primary N) is 1. The number of hydrogen-bond acceptors (Lipinski definition) is 4. The summed E-state index contributed by atoms with van der Waals surface area (Å²) in [6.45, 7) is 2.07. The number of carbonyl (C=O) groups is 1. The summed E-state index contributed by atoms with van der Waals surface area (Å²) < 4.78 is 29.9. The quantitative estimate of drug-likeness (QED) is 0.567. The molecule has 2 aromatic heterocycles. The maximum atomic E-state index is 13.5. The monoisotopic (exact) mass is 451 g/mol. The highest BCUT2D eigenvalue weighted by atomic mass is 35.5. The van der Waals surface area contributed by atoms with Crippen LogP contribution in [0.2, 0.25) is 5.02 Å². The summed E-state index contributed by atoms with van der Waals surface area (Å²) >= 11 is 7.55. The number of carbonyl (C=O) groups excluding carboxylic acids is 1. The van der Waals surface area contributed by atoms with Gasteiger partial charge < -0.3 is 10.3 Å². The molecule has 2 N–H and O–H groups in total. The lowest BCUT2D eigenvalue weighted by Gasteiger charge is -2.28. The molecule has 3 aromatic rings. The molecule has 0 aliphatic carbocycles. The van der Waals surface area contributed by atoms with Crippen LogP contribution in [0.4, 0.5) is 0 Å². The van der Waals surface area contributed by atoms with Gasteiger partial charge in [0, 0.05) is 35.7 Å². The van der Waals surface area contributed by atoms with Gasteiger partial charge in [0.2, 0.25) is 10.0 Å². The van der Waals surface area contributed by atoms with Gasteiger partial charge >= 0.3 is 0 Å². The van der Waals surface area contributed by atoms with Gasteiger partial charge in [-0.05, 0) is 48.6 Å². The molecule has 0 radical (unpaired) electrons. The van der Waals surface area contributed by atoms with E-state index < -0.39 is 15.9 Å². The predicted molar refractivity (Wildman–Crippen MR) is 116 cm³/mol. The van der Waals surface area contributed by atoms with E-state index >= 15 is 0 Å². The highest BCUT2D eigenvalue weighted by Crippen LogP contribution is 2.26. The second-order valence-corrected chi connectivity index (χ2v) is 10.2. The standard InChI is InChI=1S/C20H22ClN3O3S2/c1-14(10-17-4-3-9-28-17)24(12-15-5-7-16(21)8-6-15)29(26,27)18-11-19(20(22)25)23(2)13-18/h3-9,11,13-14H,10,12H2,1-2H3,(H2,22,25). The first-order valence-electron chi connectivity index (χ1n) is 8.93. The van der Waals surface area contributed by atoms with Gasteiger partial charge in [-0.15, -0.1) is 11.3 Å². The van der Waals surface area contributed by atoms with Gasteiger partial charge in [0.15, 0.2) is 0 Å². The number of hydrogen-bond donors (Lipinski definition) is 1. The van der Waals surface area contributed by atoms with Gasteiger partial charge in [-0.3, -0.25) is 4.79 Å². The number of nitrogens with zero attached hydrogens (tertiary/aromatic N) is 2. The molecule has 0 fully saturated rings. The van der Waals surface area contributed by atoms with Gasteiger partial charge in [0.1, 0.15) is 10.6 Å². The summed E-state index contributed by atoms with van der Waals surface area (Å²) in [5.41, 5.74) is 6.32. The molecular weight excluding hydrogens is 430 g/mol. The molecule has 0 saturated heterocycles. The largest absolute Gasteiger partial charge is 0.364 e. The minimum atomic E-state index is -3.87. The lowest BCUT2D eigenvalue weighted by Crippen LogP contribution is -2.39. The van der Waals surface area contributed by atoms with E-state index in [2.05, 4.69) is 0 Å². The lowest BCUT2D eigenvalue weighted by molar-refractivity contribution is 0.0992. The van der Waals surface area contributed by atoms with E-state index in [1.165, 1.54) is 21.1 Å². The van der Waals surface area contributed by atoms with Crippen LogP contribution in [0.3, 0.4) is 0 Å². The van der Waals surface area contributed by atoms with Crippen molar-refractivity contribution in [3.05, 3.63) is 75.2 Å². The van der Waals surface area contributed by atoms with Crippen LogP contribution < -0.4 is 5.73 Å². The minimum absolute atomic E-state index is 0.0424. The van der Waals surface area contributed by atoms with E-state index in [1.54, 1.807) is 30.5 Å². The lowest BCUT2D eigenvalue weighted by atomic mass is 10.1. The number of rotatable bonds is 8. The molecule has 0 bridgehead atoms. The zero-order valence-corrected chi connectivity index (χ0v) is 18.5. The molecule has 0 aliphatic heterocycles. The number of sulfonamides is 1. The molecule has 29 heavy (non-hydrogen) atoms. The van der Waals surface area contributed by atoms with E-state index in [9.17, 15) is 13.2 Å². The first kappa shape index (κ1) is 21.6. The van der Waals surface area contributed by atoms with Crippen molar-refractivity contribution >= 4 is 38.9 Å². The molecule has 2 heterocycles. The molecule has 0 aliphatic rings. The van der Waals surface area contributed by atoms with Crippen molar-refractivity contribution in [1.82, 2.24) is 8.87 Å². The van der Waals surface area contributed by atoms with Gasteiger partial charge in [-0.1, -0.05) is 29.8 Å². The predicted octanol–water partition coefficient (Wildman–Crippen LogP) is 3.66. The Kier molecular flexibility index (Phi) is 6.48. The molecule has 154 valence electrons. The van der Waals surface area contributed by atoms with Gasteiger partial charge in [0.25, 0.3) is 5.91 Å². The molecule has 0 saturated carbocycles. The number of halogens is 1. The zero-order chi connectivity index (χ0) is 21.2. The third-order valence-corrected chi connectivity index (χ3v) is 7.74. The average Bonchev–Trinajstić information content (AvgIpc) is 3.30. The molecule has 1 atom stereocenters. The minimum Gasteiger partial charge on any atom is -0.364 e. The normalized spacial score (nSPS) is 13.0. The molecule has 6 nitrogen and oxygen atoms in total. The third kappa shape index (κ3) is 4.90. The Labute approximate surface area is 179 Å². The summed E-state index contributed by atoms with van der Waals surface area (Å²) in [6.07, 6.45) is 2.00. The van der Waals surface area contributed by atoms with Crippen molar-refractivity contribution in [2.75, 3.05) is 0 Å². The highest BCUT2D eigenvalue weighted by Gasteiger charge is 2.31. The maximum Gasteiger partial charge on any atom is 0.265 e. The second-order valence-electron chi connectivity index (χ2n) is 6.85. The number of thiophene rings is 1. The van der Waals surface area contributed by atoms with Crippen LogP contribution in [0.5, 0.6) is 0 Å². The van der Waals surface area contributed by atoms with Crippen LogP contribution in [-0.2, 0) is 30.0 Å². The Hall–Kier alpha value is -2.13. The smallest absolute Gasteiger partial charge is 0.265 e. The Morgan fingerprint density at radius 2 is 1.97 bits per heavy atom. The summed E-state index contributed by atoms with van der Waals surface area (Å²) in [4.78, 5) is 12.7. The molecule has 3 rings (SSSR count). The summed E-state index contributed by atoms with van der Waals surface area (Å²) in [5.74, 6) is -0.676. The Bertz CT molecular complexity index is 1090. The van der Waals surface area contributed by atoms with Crippen LogP contribution >= 0.6 is 22.9 Å². The SMILES string of the molecule is CC(Cc1cccs1)N(Cc1ccc(Cl)cc1)S(=O)(=O)c1cc(C(N)=O)n(C)c1. The van der Waals surface area contributed by atoms with Gasteiger partial charge in [-0.25, -0.2) is 8.42 Å². The molecular formula is C20H22ClN3O3S2. The fourth-order valence-corrected chi connectivity index (χ4v) is 5.77. The molecule has 1 aromatic carbocycles.